The highest BCUT2D eigenvalue weighted by Crippen LogP contribution is 2.53. The molecule has 1 aliphatic rings. The molecule has 5 aromatic rings. The lowest BCUT2D eigenvalue weighted by atomic mass is 9.81. The normalized spacial score (nSPS) is 13.7. The van der Waals surface area contributed by atoms with Gasteiger partial charge in [-0.15, -0.1) is 0 Å². The van der Waals surface area contributed by atoms with Crippen molar-refractivity contribution >= 4 is 32.3 Å². The third kappa shape index (κ3) is 3.89. The fourth-order valence-corrected chi connectivity index (χ4v) is 6.24. The first-order valence-corrected chi connectivity index (χ1v) is 13.4. The van der Waals surface area contributed by atoms with Crippen LogP contribution in [0.4, 0.5) is 0 Å². The second-order valence-electron chi connectivity index (χ2n) is 13.3. The van der Waals surface area contributed by atoms with Crippen LogP contribution >= 0.6 is 0 Å². The molecule has 0 saturated carbocycles. The van der Waals surface area contributed by atoms with Gasteiger partial charge in [0.05, 0.1) is 10.9 Å². The average molecular weight is 490 g/mol. The highest BCUT2D eigenvalue weighted by Gasteiger charge is 2.34. The number of fused-ring (bicyclic) bond motifs is 5. The molecule has 2 nitrogen and oxygen atoms in total. The molecule has 188 valence electrons. The molecule has 0 spiro atoms. The maximum Gasteiger partial charge on any atom is 0.228 e. The van der Waals surface area contributed by atoms with Crippen LogP contribution in [0.15, 0.2) is 60.8 Å². The summed E-state index contributed by atoms with van der Waals surface area (Å²) < 4.78 is 18.1. The summed E-state index contributed by atoms with van der Waals surface area (Å²) >= 11 is 0. The van der Waals surface area contributed by atoms with E-state index in [9.17, 15) is 0 Å². The predicted molar refractivity (Wildman–Crippen MR) is 157 cm³/mol. The molecule has 0 unspecified atom stereocenters. The van der Waals surface area contributed by atoms with Crippen molar-refractivity contribution in [3.63, 3.8) is 0 Å². The molecule has 0 N–H and O–H groups in total. The number of aromatic nitrogens is 1. The highest BCUT2D eigenvalue weighted by atomic mass is 16.5. The number of ether oxygens (including phenoxy) is 1. The van der Waals surface area contributed by atoms with Crippen molar-refractivity contribution in [2.24, 2.45) is 17.9 Å². The van der Waals surface area contributed by atoms with E-state index >= 15 is 0 Å². The Kier molecular flexibility index (Phi) is 4.96. The van der Waals surface area contributed by atoms with Gasteiger partial charge < -0.3 is 4.74 Å². The topological polar surface area (TPSA) is 13.1 Å². The van der Waals surface area contributed by atoms with Crippen LogP contribution in [-0.4, -0.2) is 0 Å². The molecule has 0 fully saturated rings. The van der Waals surface area contributed by atoms with E-state index in [2.05, 4.69) is 97.0 Å². The Balaban J connectivity index is 1.79. The summed E-state index contributed by atoms with van der Waals surface area (Å²) in [5.41, 5.74) is 6.27. The molecule has 0 aliphatic carbocycles. The van der Waals surface area contributed by atoms with E-state index in [0.29, 0.717) is 6.17 Å². The van der Waals surface area contributed by atoms with Gasteiger partial charge in [0.25, 0.3) is 0 Å². The standard InChI is InChI=1S/C35H38NO/c1-21-23-13-9-10-14-24(23)28(20-35(5,6)7)33-30(21)32-31-26(16-17-36(32)8)25-15-11-12-22(19-34(2,3)4)27(25)18-29(31)37-33/h9-18H,19-20H2,1-8H3/q+1/i17D. The summed E-state index contributed by atoms with van der Waals surface area (Å²) in [5.74, 6) is 1.86. The maximum absolute atomic E-state index is 9.01. The van der Waals surface area contributed by atoms with Crippen LogP contribution in [-0.2, 0) is 19.9 Å². The summed E-state index contributed by atoms with van der Waals surface area (Å²) in [7, 11) is 2.02. The zero-order chi connectivity index (χ0) is 27.1. The van der Waals surface area contributed by atoms with Crippen LogP contribution < -0.4 is 9.30 Å². The van der Waals surface area contributed by atoms with Crippen molar-refractivity contribution in [2.75, 3.05) is 0 Å². The Morgan fingerprint density at radius 3 is 2.16 bits per heavy atom. The van der Waals surface area contributed by atoms with Crippen molar-refractivity contribution < 1.29 is 10.7 Å². The number of hydrogen-bond acceptors (Lipinski definition) is 1. The smallest absolute Gasteiger partial charge is 0.228 e. The van der Waals surface area contributed by atoms with Gasteiger partial charge in [0.15, 0.2) is 6.17 Å². The number of hydrogen-bond donors (Lipinski definition) is 0. The third-order valence-corrected chi connectivity index (χ3v) is 7.66. The fraction of sp³-hybridized carbons (Fsp3) is 0.343. The maximum atomic E-state index is 9.01. The molecular weight excluding hydrogens is 450 g/mol. The molecule has 2 heterocycles. The van der Waals surface area contributed by atoms with Crippen LogP contribution in [0.5, 0.6) is 11.5 Å². The van der Waals surface area contributed by atoms with Crippen molar-refractivity contribution in [3.05, 3.63) is 77.5 Å². The van der Waals surface area contributed by atoms with Gasteiger partial charge in [-0.3, -0.25) is 0 Å². The number of pyridine rings is 1. The van der Waals surface area contributed by atoms with E-state index in [0.717, 1.165) is 46.4 Å². The highest BCUT2D eigenvalue weighted by molar-refractivity contribution is 6.16. The molecule has 37 heavy (non-hydrogen) atoms. The van der Waals surface area contributed by atoms with Gasteiger partial charge >= 0.3 is 0 Å². The second-order valence-corrected chi connectivity index (χ2v) is 13.3. The summed E-state index contributed by atoms with van der Waals surface area (Å²) in [4.78, 5) is 0. The zero-order valence-electron chi connectivity index (χ0n) is 24.5. The minimum Gasteiger partial charge on any atom is -0.455 e. The van der Waals surface area contributed by atoms with E-state index in [-0.39, 0.29) is 10.8 Å². The van der Waals surface area contributed by atoms with Crippen LogP contribution in [0.1, 0.15) is 59.6 Å². The monoisotopic (exact) mass is 489 g/mol. The zero-order valence-corrected chi connectivity index (χ0v) is 23.5. The van der Waals surface area contributed by atoms with Crippen LogP contribution in [0, 0.1) is 17.8 Å². The second kappa shape index (κ2) is 8.05. The van der Waals surface area contributed by atoms with E-state index in [4.69, 9.17) is 6.11 Å². The van der Waals surface area contributed by atoms with E-state index in [1.807, 2.05) is 17.7 Å². The lowest BCUT2D eigenvalue weighted by Crippen LogP contribution is -2.32. The molecular formula is C35H38NO+. The summed E-state index contributed by atoms with van der Waals surface area (Å²) in [6.07, 6.45) is 2.39. The Labute approximate surface area is 222 Å². The first-order valence-electron chi connectivity index (χ1n) is 13.9. The Bertz CT molecular complexity index is 1780. The molecule has 0 amide bonds. The molecule has 6 rings (SSSR count). The fourth-order valence-electron chi connectivity index (χ4n) is 6.24. The van der Waals surface area contributed by atoms with Gasteiger partial charge in [-0.1, -0.05) is 84.0 Å². The van der Waals surface area contributed by atoms with Gasteiger partial charge in [-0.2, -0.15) is 0 Å². The first kappa shape index (κ1) is 22.8. The third-order valence-electron chi connectivity index (χ3n) is 7.66. The van der Waals surface area contributed by atoms with Crippen LogP contribution in [0.2, 0.25) is 0 Å². The Hall–Kier alpha value is -3.39. The average Bonchev–Trinajstić information content (AvgIpc) is 2.83. The minimum atomic E-state index is 0.0908. The molecule has 0 bridgehead atoms. The van der Waals surface area contributed by atoms with Crippen molar-refractivity contribution in [1.29, 1.82) is 0 Å². The van der Waals surface area contributed by atoms with Crippen LogP contribution in [0.25, 0.3) is 43.6 Å². The van der Waals surface area contributed by atoms with E-state index < -0.39 is 0 Å². The molecule has 0 saturated heterocycles. The van der Waals surface area contributed by atoms with E-state index in [1.165, 1.54) is 38.2 Å². The van der Waals surface area contributed by atoms with Gasteiger partial charge in [0, 0.05) is 17.0 Å². The van der Waals surface area contributed by atoms with Gasteiger partial charge in [0.2, 0.25) is 5.69 Å². The predicted octanol–water partition coefficient (Wildman–Crippen LogP) is 9.23. The lowest BCUT2D eigenvalue weighted by Gasteiger charge is -2.28. The SMILES string of the molecule is [2H]c1cc2c3c(cc4c(CC(C)(C)C)cccc42)Oc2c(c(C)c4ccccc4c2CC(C)(C)C)-c3[n+]1C. The Morgan fingerprint density at radius 2 is 1.46 bits per heavy atom. The van der Waals surface area contributed by atoms with Gasteiger partial charge in [-0.05, 0) is 69.3 Å². The quantitative estimate of drug-likeness (QED) is 0.174. The Morgan fingerprint density at radius 1 is 0.784 bits per heavy atom. The van der Waals surface area contributed by atoms with Gasteiger partial charge in [0.1, 0.15) is 19.9 Å². The number of benzene rings is 4. The number of aryl methyl sites for hydroxylation is 1. The molecule has 4 aromatic carbocycles. The molecule has 0 radical (unpaired) electrons. The largest absolute Gasteiger partial charge is 0.455 e. The number of rotatable bonds is 2. The molecule has 2 heteroatoms. The van der Waals surface area contributed by atoms with Crippen molar-refractivity contribution in [2.45, 2.75) is 61.3 Å². The van der Waals surface area contributed by atoms with Gasteiger partial charge in [-0.25, -0.2) is 4.57 Å². The summed E-state index contributed by atoms with van der Waals surface area (Å²) in [5, 5.41) is 7.15. The summed E-state index contributed by atoms with van der Waals surface area (Å²) in [6, 6.07) is 19.6. The molecule has 0 atom stereocenters. The van der Waals surface area contributed by atoms with E-state index in [1.54, 1.807) is 0 Å². The summed E-state index contributed by atoms with van der Waals surface area (Å²) in [6.45, 7) is 15.9. The molecule has 1 aromatic heterocycles. The number of nitrogens with zero attached hydrogens (tertiary/aromatic N) is 1. The lowest BCUT2D eigenvalue weighted by molar-refractivity contribution is -0.659. The van der Waals surface area contributed by atoms with Crippen LogP contribution in [0.3, 0.4) is 0 Å². The molecule has 1 aliphatic heterocycles. The van der Waals surface area contributed by atoms with Crippen molar-refractivity contribution in [3.8, 4) is 22.8 Å². The first-order chi connectivity index (χ1) is 17.8. The van der Waals surface area contributed by atoms with Crippen molar-refractivity contribution in [1.82, 2.24) is 0 Å². The minimum absolute atomic E-state index is 0.0908.